The van der Waals surface area contributed by atoms with E-state index in [0.717, 1.165) is 28.4 Å². The Labute approximate surface area is 180 Å². The zero-order chi connectivity index (χ0) is 22.0. The summed E-state index contributed by atoms with van der Waals surface area (Å²) >= 11 is 0. The molecule has 3 aromatic carbocycles. The van der Waals surface area contributed by atoms with E-state index in [1.807, 2.05) is 48.5 Å². The molecule has 1 heterocycles. The van der Waals surface area contributed by atoms with Crippen molar-refractivity contribution in [1.29, 1.82) is 0 Å². The predicted molar refractivity (Wildman–Crippen MR) is 118 cm³/mol. The maximum Gasteiger partial charge on any atom is 0.209 e. The molecule has 0 saturated carbocycles. The maximum atomic E-state index is 13.2. The highest BCUT2D eigenvalue weighted by molar-refractivity contribution is 7.88. The van der Waals surface area contributed by atoms with E-state index in [1.54, 1.807) is 29.9 Å². The van der Waals surface area contributed by atoms with E-state index in [0.29, 0.717) is 5.75 Å². The van der Waals surface area contributed by atoms with E-state index in [2.05, 4.69) is 9.82 Å². The number of halogens is 1. The van der Waals surface area contributed by atoms with Gasteiger partial charge in [-0.25, -0.2) is 22.2 Å². The molecule has 31 heavy (non-hydrogen) atoms. The van der Waals surface area contributed by atoms with Crippen LogP contribution in [0, 0.1) is 5.82 Å². The molecule has 0 unspecified atom stereocenters. The summed E-state index contributed by atoms with van der Waals surface area (Å²) in [6.45, 7) is 1.77. The summed E-state index contributed by atoms with van der Waals surface area (Å²) in [5, 5.41) is 5.25. The van der Waals surface area contributed by atoms with E-state index in [-0.39, 0.29) is 5.82 Å². The molecule has 1 aromatic heterocycles. The highest BCUT2D eigenvalue weighted by Crippen LogP contribution is 2.29. The van der Waals surface area contributed by atoms with Crippen LogP contribution in [0.1, 0.15) is 18.6 Å². The van der Waals surface area contributed by atoms with E-state index in [9.17, 15) is 12.8 Å². The number of fused-ring (bicyclic) bond motifs is 1. The van der Waals surface area contributed by atoms with Crippen LogP contribution in [0.5, 0.6) is 5.75 Å². The Kier molecular flexibility index (Phi) is 5.75. The van der Waals surface area contributed by atoms with Crippen molar-refractivity contribution in [2.75, 3.05) is 6.26 Å². The molecule has 8 heteroatoms. The molecule has 0 aliphatic carbocycles. The zero-order valence-electron chi connectivity index (χ0n) is 17.1. The second-order valence-corrected chi connectivity index (χ2v) is 9.16. The second kappa shape index (κ2) is 8.49. The number of benzene rings is 3. The van der Waals surface area contributed by atoms with Crippen LogP contribution in [0.4, 0.5) is 4.39 Å². The van der Waals surface area contributed by atoms with E-state index < -0.39 is 22.2 Å². The maximum absolute atomic E-state index is 13.2. The Morgan fingerprint density at radius 1 is 1.03 bits per heavy atom. The topological polar surface area (TPSA) is 73.2 Å². The van der Waals surface area contributed by atoms with Gasteiger partial charge in [-0.15, -0.1) is 0 Å². The molecule has 0 aliphatic rings. The number of hydrogen-bond acceptors (Lipinski definition) is 4. The van der Waals surface area contributed by atoms with Gasteiger partial charge < -0.3 is 4.74 Å². The van der Waals surface area contributed by atoms with Crippen molar-refractivity contribution in [3.8, 4) is 11.4 Å². The monoisotopic (exact) mass is 439 g/mol. The number of nitrogens with zero attached hydrogens (tertiary/aromatic N) is 2. The third-order valence-electron chi connectivity index (χ3n) is 4.86. The molecular weight excluding hydrogens is 417 g/mol. The van der Waals surface area contributed by atoms with Gasteiger partial charge >= 0.3 is 0 Å². The van der Waals surface area contributed by atoms with Crippen molar-refractivity contribution in [3.05, 3.63) is 90.4 Å². The van der Waals surface area contributed by atoms with Gasteiger partial charge in [-0.3, -0.25) is 0 Å². The van der Waals surface area contributed by atoms with Crippen LogP contribution in [0.15, 0.2) is 79.0 Å². The minimum absolute atomic E-state index is 0.306. The summed E-state index contributed by atoms with van der Waals surface area (Å²) in [5.74, 6) is 0.279. The number of hydrogen-bond donors (Lipinski definition) is 1. The van der Waals surface area contributed by atoms with Crippen LogP contribution in [0.3, 0.4) is 0 Å². The van der Waals surface area contributed by atoms with Gasteiger partial charge in [-0.05, 0) is 55.0 Å². The first-order valence-electron chi connectivity index (χ1n) is 9.73. The molecule has 0 radical (unpaired) electrons. The fourth-order valence-electron chi connectivity index (χ4n) is 3.52. The van der Waals surface area contributed by atoms with E-state index in [1.165, 1.54) is 12.1 Å². The quantitative estimate of drug-likeness (QED) is 0.468. The van der Waals surface area contributed by atoms with Crippen molar-refractivity contribution in [3.63, 3.8) is 0 Å². The smallest absolute Gasteiger partial charge is 0.209 e. The van der Waals surface area contributed by atoms with Gasteiger partial charge in [0, 0.05) is 5.39 Å². The van der Waals surface area contributed by atoms with Crippen LogP contribution >= 0.6 is 0 Å². The average molecular weight is 440 g/mol. The molecule has 4 rings (SSSR count). The normalized spacial score (nSPS) is 13.8. The molecule has 1 N–H and O–H groups in total. The highest BCUT2D eigenvalue weighted by atomic mass is 32.2. The lowest BCUT2D eigenvalue weighted by Crippen LogP contribution is -2.38. The fraction of sp³-hybridized carbons (Fsp3) is 0.174. The Morgan fingerprint density at radius 3 is 2.42 bits per heavy atom. The van der Waals surface area contributed by atoms with Crippen molar-refractivity contribution in [2.24, 2.45) is 0 Å². The number of aromatic nitrogens is 2. The lowest BCUT2D eigenvalue weighted by molar-refractivity contribution is 0.173. The molecule has 0 saturated heterocycles. The van der Waals surface area contributed by atoms with Crippen molar-refractivity contribution < 1.29 is 17.5 Å². The Hall–Kier alpha value is -3.23. The Morgan fingerprint density at radius 2 is 1.74 bits per heavy atom. The first-order valence-corrected chi connectivity index (χ1v) is 11.6. The van der Waals surface area contributed by atoms with Gasteiger partial charge in [0.2, 0.25) is 10.0 Å². The fourth-order valence-corrected chi connectivity index (χ4v) is 4.32. The molecule has 0 spiro atoms. The highest BCUT2D eigenvalue weighted by Gasteiger charge is 2.24. The largest absolute Gasteiger partial charge is 0.484 e. The summed E-state index contributed by atoms with van der Waals surface area (Å²) in [7, 11) is -3.40. The molecule has 6 nitrogen and oxygen atoms in total. The van der Waals surface area contributed by atoms with Gasteiger partial charge in [0.25, 0.3) is 0 Å². The summed E-state index contributed by atoms with van der Waals surface area (Å²) in [5.41, 5.74) is 2.45. The lowest BCUT2D eigenvalue weighted by atomic mass is 10.0. The van der Waals surface area contributed by atoms with Crippen LogP contribution < -0.4 is 9.46 Å². The lowest BCUT2D eigenvalue weighted by Gasteiger charge is -2.26. The van der Waals surface area contributed by atoms with Crippen LogP contribution in [-0.4, -0.2) is 30.5 Å². The molecule has 160 valence electrons. The van der Waals surface area contributed by atoms with Crippen molar-refractivity contribution in [1.82, 2.24) is 14.5 Å². The predicted octanol–water partition coefficient (Wildman–Crippen LogP) is 4.22. The molecular formula is C23H22FN3O3S. The molecule has 0 bridgehead atoms. The van der Waals surface area contributed by atoms with Crippen molar-refractivity contribution in [2.45, 2.75) is 19.1 Å². The van der Waals surface area contributed by atoms with E-state index >= 15 is 0 Å². The summed E-state index contributed by atoms with van der Waals surface area (Å²) in [4.78, 5) is 0. The van der Waals surface area contributed by atoms with Gasteiger partial charge in [-0.2, -0.15) is 5.10 Å². The molecule has 2 atom stereocenters. The van der Waals surface area contributed by atoms with Crippen LogP contribution in [0.25, 0.3) is 16.6 Å². The van der Waals surface area contributed by atoms with Gasteiger partial charge in [0.15, 0.2) is 0 Å². The number of rotatable bonds is 7. The molecule has 4 aromatic rings. The summed E-state index contributed by atoms with van der Waals surface area (Å²) < 4.78 is 47.3. The number of ether oxygens (including phenoxy) is 1. The first-order chi connectivity index (χ1) is 14.8. The SMILES string of the molecule is C[C@H](NS(C)(=O)=O)[C@@H](Oc1ccc2c(cnn2-c2ccc(F)cc2)c1)c1ccccc1. The zero-order valence-corrected chi connectivity index (χ0v) is 17.9. The molecule has 0 aliphatic heterocycles. The van der Waals surface area contributed by atoms with Crippen LogP contribution in [0.2, 0.25) is 0 Å². The average Bonchev–Trinajstić information content (AvgIpc) is 3.15. The second-order valence-electron chi connectivity index (χ2n) is 7.38. The van der Waals surface area contributed by atoms with Gasteiger partial charge in [0.1, 0.15) is 17.7 Å². The van der Waals surface area contributed by atoms with Gasteiger partial charge in [-0.1, -0.05) is 30.3 Å². The Balaban J connectivity index is 1.65. The Bertz CT molecular complexity index is 1290. The third-order valence-corrected chi connectivity index (χ3v) is 5.66. The third kappa shape index (κ3) is 4.92. The molecule has 0 amide bonds. The minimum Gasteiger partial charge on any atom is -0.484 e. The minimum atomic E-state index is -3.40. The van der Waals surface area contributed by atoms with Crippen molar-refractivity contribution >= 4 is 20.9 Å². The van der Waals surface area contributed by atoms with Crippen LogP contribution in [-0.2, 0) is 10.0 Å². The first kappa shape index (κ1) is 21.0. The van der Waals surface area contributed by atoms with Gasteiger partial charge in [0.05, 0.1) is 29.7 Å². The van der Waals surface area contributed by atoms with E-state index in [4.69, 9.17) is 4.74 Å². The summed E-state index contributed by atoms with van der Waals surface area (Å²) in [6.07, 6.45) is 2.31. The molecule has 0 fully saturated rings. The number of nitrogens with one attached hydrogen (secondary N) is 1. The standard InChI is InChI=1S/C23H22FN3O3S/c1-16(26-31(2,28)29)23(17-6-4-3-5-7-17)30-21-12-13-22-18(14-21)15-25-27(22)20-10-8-19(24)9-11-20/h3-16,23,26H,1-2H3/t16-,23+/m0/s1. The summed E-state index contributed by atoms with van der Waals surface area (Å²) in [6, 6.07) is 20.6. The number of sulfonamides is 1.